The van der Waals surface area contributed by atoms with Gasteiger partial charge in [0.15, 0.2) is 5.78 Å². The van der Waals surface area contributed by atoms with Crippen LogP contribution in [0.5, 0.6) is 11.5 Å². The number of ether oxygens (including phenoxy) is 2. The van der Waals surface area contributed by atoms with Crippen LogP contribution in [-0.2, 0) is 4.79 Å². The zero-order valence-electron chi connectivity index (χ0n) is 10.3. The smallest absolute Gasteiger partial charge is 0.169 e. The topological polar surface area (TPSA) is 52.6 Å². The highest BCUT2D eigenvalue weighted by Crippen LogP contribution is 2.45. The monoisotopic (exact) mass is 266 g/mol. The summed E-state index contributed by atoms with van der Waals surface area (Å²) >= 11 is 1.51. The molecular formula is C13H14O4S. The van der Waals surface area contributed by atoms with E-state index in [4.69, 9.17) is 9.47 Å². The second-order valence-electron chi connectivity index (χ2n) is 3.94. The molecule has 0 bridgehead atoms. The predicted octanol–water partition coefficient (Wildman–Crippen LogP) is 2.34. The number of fused-ring (bicyclic) bond motifs is 1. The van der Waals surface area contributed by atoms with Crippen molar-refractivity contribution in [1.29, 1.82) is 0 Å². The van der Waals surface area contributed by atoms with Crippen LogP contribution in [0, 0.1) is 0 Å². The highest BCUT2D eigenvalue weighted by Gasteiger charge is 2.31. The number of aldehydes is 1. The molecule has 96 valence electrons. The number of thioether (sulfide) groups is 1. The summed E-state index contributed by atoms with van der Waals surface area (Å²) in [6.07, 6.45) is 1.58. The molecule has 5 heteroatoms. The molecule has 2 rings (SSSR count). The largest absolute Gasteiger partial charge is 0.496 e. The summed E-state index contributed by atoms with van der Waals surface area (Å²) in [6.45, 7) is 0. The average molecular weight is 266 g/mol. The Kier molecular flexibility index (Phi) is 3.91. The molecule has 1 aromatic carbocycles. The van der Waals surface area contributed by atoms with Gasteiger partial charge >= 0.3 is 0 Å². The Morgan fingerprint density at radius 2 is 2.00 bits per heavy atom. The van der Waals surface area contributed by atoms with Crippen LogP contribution in [0.25, 0.3) is 0 Å². The molecular weight excluding hydrogens is 252 g/mol. The van der Waals surface area contributed by atoms with Gasteiger partial charge in [0.05, 0.1) is 24.7 Å². The Bertz CT molecular complexity index is 484. The van der Waals surface area contributed by atoms with Gasteiger partial charge in [-0.15, -0.1) is 11.8 Å². The van der Waals surface area contributed by atoms with Crippen molar-refractivity contribution in [3.8, 4) is 11.5 Å². The molecule has 0 N–H and O–H groups in total. The number of carbonyl (C=O) groups is 2. The third-order valence-electron chi connectivity index (χ3n) is 2.86. The zero-order chi connectivity index (χ0) is 13.1. The van der Waals surface area contributed by atoms with Crippen molar-refractivity contribution in [2.45, 2.75) is 23.0 Å². The van der Waals surface area contributed by atoms with Crippen LogP contribution in [0.4, 0.5) is 0 Å². The second-order valence-corrected chi connectivity index (χ2v) is 5.25. The van der Waals surface area contributed by atoms with Crippen LogP contribution >= 0.6 is 11.8 Å². The average Bonchev–Trinajstić information content (AvgIpc) is 2.37. The molecule has 0 saturated heterocycles. The fourth-order valence-electron chi connectivity index (χ4n) is 2.01. The summed E-state index contributed by atoms with van der Waals surface area (Å²) in [7, 11) is 3.11. The van der Waals surface area contributed by atoms with E-state index in [0.717, 1.165) is 11.2 Å². The fraction of sp³-hybridized carbons (Fsp3) is 0.385. The molecule has 1 aliphatic rings. The minimum atomic E-state index is -0.0106. The first-order chi connectivity index (χ1) is 8.71. The van der Waals surface area contributed by atoms with E-state index in [1.807, 2.05) is 0 Å². The van der Waals surface area contributed by atoms with Gasteiger partial charge in [-0.25, -0.2) is 0 Å². The molecule has 0 aliphatic carbocycles. The minimum absolute atomic E-state index is 0.00588. The maximum atomic E-state index is 12.2. The maximum absolute atomic E-state index is 12.2. The minimum Gasteiger partial charge on any atom is -0.496 e. The number of hydrogen-bond donors (Lipinski definition) is 0. The van der Waals surface area contributed by atoms with Crippen molar-refractivity contribution in [3.05, 3.63) is 17.7 Å². The molecule has 18 heavy (non-hydrogen) atoms. The van der Waals surface area contributed by atoms with Gasteiger partial charge in [-0.3, -0.25) is 4.79 Å². The zero-order valence-corrected chi connectivity index (χ0v) is 11.1. The molecule has 4 nitrogen and oxygen atoms in total. The summed E-state index contributed by atoms with van der Waals surface area (Å²) in [4.78, 5) is 23.5. The molecule has 0 fully saturated rings. The summed E-state index contributed by atoms with van der Waals surface area (Å²) < 4.78 is 10.5. The number of methoxy groups -OCH3 is 2. The first-order valence-corrected chi connectivity index (χ1v) is 6.47. The molecule has 1 heterocycles. The van der Waals surface area contributed by atoms with Crippen molar-refractivity contribution in [2.75, 3.05) is 14.2 Å². The van der Waals surface area contributed by atoms with Gasteiger partial charge in [-0.2, -0.15) is 0 Å². The number of rotatable bonds is 4. The number of ketones is 1. The molecule has 1 unspecified atom stereocenters. The summed E-state index contributed by atoms with van der Waals surface area (Å²) in [5.74, 6) is 1.22. The predicted molar refractivity (Wildman–Crippen MR) is 68.8 cm³/mol. The highest BCUT2D eigenvalue weighted by atomic mass is 32.2. The van der Waals surface area contributed by atoms with Crippen LogP contribution in [0.2, 0.25) is 0 Å². The van der Waals surface area contributed by atoms with Gasteiger partial charge in [0, 0.05) is 18.1 Å². The molecule has 0 aromatic heterocycles. The number of carbonyl (C=O) groups excluding carboxylic acids is 2. The normalized spacial score (nSPS) is 18.1. The summed E-state index contributed by atoms with van der Waals surface area (Å²) in [5.41, 5.74) is 0.573. The third-order valence-corrected chi connectivity index (χ3v) is 4.19. The Morgan fingerprint density at radius 3 is 2.61 bits per heavy atom. The van der Waals surface area contributed by atoms with Crippen molar-refractivity contribution < 1.29 is 19.1 Å². The fourth-order valence-corrected chi connectivity index (χ4v) is 3.36. The van der Waals surface area contributed by atoms with Gasteiger partial charge in [0.1, 0.15) is 17.8 Å². The Balaban J connectivity index is 2.49. The van der Waals surface area contributed by atoms with Crippen molar-refractivity contribution in [2.24, 2.45) is 0 Å². The summed E-state index contributed by atoms with van der Waals surface area (Å²) in [5, 5.41) is -0.0106. The molecule has 0 saturated carbocycles. The number of Topliss-reactive ketones (excluding diaryl/α,β-unsaturated/α-hetero) is 1. The molecule has 0 radical (unpaired) electrons. The van der Waals surface area contributed by atoms with Gasteiger partial charge < -0.3 is 14.3 Å². The standard InChI is InChI=1S/C13H14O4S/c1-16-10-3-4-11(17-2)13-12(10)9(15)7-8(18-13)5-6-14/h3-4,6,8H,5,7H2,1-2H3. The van der Waals surface area contributed by atoms with Crippen LogP contribution in [0.15, 0.2) is 17.0 Å². The van der Waals surface area contributed by atoms with Crippen LogP contribution in [0.1, 0.15) is 23.2 Å². The quantitative estimate of drug-likeness (QED) is 0.783. The molecule has 1 aliphatic heterocycles. The Morgan fingerprint density at radius 1 is 1.33 bits per heavy atom. The van der Waals surface area contributed by atoms with E-state index in [9.17, 15) is 9.59 Å². The third kappa shape index (κ3) is 2.22. The van der Waals surface area contributed by atoms with E-state index in [1.165, 1.54) is 18.9 Å². The first-order valence-electron chi connectivity index (χ1n) is 5.59. The maximum Gasteiger partial charge on any atom is 0.169 e. The van der Waals surface area contributed by atoms with E-state index in [2.05, 4.69) is 0 Å². The van der Waals surface area contributed by atoms with Crippen molar-refractivity contribution in [3.63, 3.8) is 0 Å². The Labute approximate surface area is 110 Å². The molecule has 0 spiro atoms. The van der Waals surface area contributed by atoms with Gasteiger partial charge in [0.25, 0.3) is 0 Å². The van der Waals surface area contributed by atoms with E-state index in [-0.39, 0.29) is 11.0 Å². The molecule has 1 aromatic rings. The lowest BCUT2D eigenvalue weighted by molar-refractivity contribution is -0.107. The number of hydrogen-bond acceptors (Lipinski definition) is 5. The van der Waals surface area contributed by atoms with Gasteiger partial charge in [-0.1, -0.05) is 0 Å². The van der Waals surface area contributed by atoms with Gasteiger partial charge in [0.2, 0.25) is 0 Å². The molecule has 0 amide bonds. The SMILES string of the molecule is COc1ccc(OC)c2c1SC(CC=O)CC2=O. The summed E-state index contributed by atoms with van der Waals surface area (Å²) in [6, 6.07) is 3.51. The van der Waals surface area contributed by atoms with Crippen LogP contribution in [0.3, 0.4) is 0 Å². The van der Waals surface area contributed by atoms with E-state index >= 15 is 0 Å². The lowest BCUT2D eigenvalue weighted by Crippen LogP contribution is -2.19. The van der Waals surface area contributed by atoms with Crippen LogP contribution < -0.4 is 9.47 Å². The lowest BCUT2D eigenvalue weighted by atomic mass is 10.0. The van der Waals surface area contributed by atoms with E-state index in [0.29, 0.717) is 29.9 Å². The van der Waals surface area contributed by atoms with Crippen molar-refractivity contribution >= 4 is 23.8 Å². The van der Waals surface area contributed by atoms with E-state index < -0.39 is 0 Å². The lowest BCUT2D eigenvalue weighted by Gasteiger charge is -2.24. The number of benzene rings is 1. The van der Waals surface area contributed by atoms with E-state index in [1.54, 1.807) is 19.2 Å². The Hall–Kier alpha value is -1.49. The van der Waals surface area contributed by atoms with Gasteiger partial charge in [-0.05, 0) is 12.1 Å². The highest BCUT2D eigenvalue weighted by molar-refractivity contribution is 8.00. The second kappa shape index (κ2) is 5.44. The first kappa shape index (κ1) is 13.0. The van der Waals surface area contributed by atoms with Crippen molar-refractivity contribution in [1.82, 2.24) is 0 Å². The molecule has 1 atom stereocenters. The van der Waals surface area contributed by atoms with Crippen LogP contribution in [-0.4, -0.2) is 31.5 Å².